The minimum atomic E-state index is -0.0978. The Hall–Kier alpha value is -1.95. The SMILES string of the molecule is CC(=O)Nc1ccc(Oc2nc(C(C)C)ns2)cc1. The van der Waals surface area contributed by atoms with E-state index in [4.69, 9.17) is 4.74 Å². The molecule has 1 N–H and O–H groups in total. The first-order valence-electron chi connectivity index (χ1n) is 5.93. The average molecular weight is 277 g/mol. The predicted octanol–water partition coefficient (Wildman–Crippen LogP) is 3.41. The number of benzene rings is 1. The molecule has 2 aromatic rings. The molecule has 0 fully saturated rings. The Balaban J connectivity index is 2.04. The van der Waals surface area contributed by atoms with E-state index in [-0.39, 0.29) is 11.8 Å². The second-order valence-electron chi connectivity index (χ2n) is 4.38. The van der Waals surface area contributed by atoms with E-state index in [1.807, 2.05) is 13.8 Å². The summed E-state index contributed by atoms with van der Waals surface area (Å²) in [5.74, 6) is 1.64. The number of nitrogens with zero attached hydrogens (tertiary/aromatic N) is 2. The van der Waals surface area contributed by atoms with E-state index in [2.05, 4.69) is 14.7 Å². The molecule has 0 aliphatic carbocycles. The predicted molar refractivity (Wildman–Crippen MR) is 74.8 cm³/mol. The molecule has 100 valence electrons. The third-order valence-corrected chi connectivity index (χ3v) is 2.93. The van der Waals surface area contributed by atoms with Crippen molar-refractivity contribution in [3.63, 3.8) is 0 Å². The summed E-state index contributed by atoms with van der Waals surface area (Å²) < 4.78 is 9.82. The van der Waals surface area contributed by atoms with Crippen molar-refractivity contribution in [2.24, 2.45) is 0 Å². The molecule has 5 nitrogen and oxygen atoms in total. The number of rotatable bonds is 4. The van der Waals surface area contributed by atoms with Gasteiger partial charge in [-0.3, -0.25) is 4.79 Å². The Morgan fingerprint density at radius 2 is 2.00 bits per heavy atom. The highest BCUT2D eigenvalue weighted by Crippen LogP contribution is 2.26. The van der Waals surface area contributed by atoms with Gasteiger partial charge in [0.1, 0.15) is 11.6 Å². The Bertz CT molecular complexity index is 564. The van der Waals surface area contributed by atoms with Gasteiger partial charge in [-0.15, -0.1) is 0 Å². The van der Waals surface area contributed by atoms with Crippen LogP contribution in [0.3, 0.4) is 0 Å². The lowest BCUT2D eigenvalue weighted by molar-refractivity contribution is -0.114. The number of anilines is 1. The van der Waals surface area contributed by atoms with Crippen molar-refractivity contribution in [2.75, 3.05) is 5.32 Å². The molecule has 0 atom stereocenters. The van der Waals surface area contributed by atoms with Crippen molar-refractivity contribution in [3.8, 4) is 10.9 Å². The summed E-state index contributed by atoms with van der Waals surface area (Å²) in [7, 11) is 0. The fourth-order valence-electron chi connectivity index (χ4n) is 1.41. The molecule has 1 amide bonds. The maximum Gasteiger partial charge on any atom is 0.298 e. The van der Waals surface area contributed by atoms with Crippen LogP contribution in [0.25, 0.3) is 0 Å². The summed E-state index contributed by atoms with van der Waals surface area (Å²) in [6, 6.07) is 7.12. The molecule has 1 aromatic carbocycles. The van der Waals surface area contributed by atoms with Crippen LogP contribution >= 0.6 is 11.5 Å². The van der Waals surface area contributed by atoms with E-state index in [9.17, 15) is 4.79 Å². The molecule has 0 radical (unpaired) electrons. The van der Waals surface area contributed by atoms with Crippen LogP contribution in [-0.4, -0.2) is 15.3 Å². The molecule has 1 aromatic heterocycles. The highest BCUT2D eigenvalue weighted by atomic mass is 32.1. The molecular formula is C13H15N3O2S. The van der Waals surface area contributed by atoms with Gasteiger partial charge in [0.15, 0.2) is 0 Å². The van der Waals surface area contributed by atoms with E-state index in [0.717, 1.165) is 11.5 Å². The topological polar surface area (TPSA) is 64.1 Å². The minimum Gasteiger partial charge on any atom is -0.430 e. The Labute approximate surface area is 115 Å². The van der Waals surface area contributed by atoms with E-state index >= 15 is 0 Å². The second kappa shape index (κ2) is 5.79. The number of carbonyl (C=O) groups excluding carboxylic acids is 1. The van der Waals surface area contributed by atoms with Gasteiger partial charge in [0.05, 0.1) is 0 Å². The van der Waals surface area contributed by atoms with Crippen LogP contribution in [0.5, 0.6) is 10.9 Å². The normalized spacial score (nSPS) is 10.5. The first-order chi connectivity index (χ1) is 9.04. The van der Waals surface area contributed by atoms with E-state index < -0.39 is 0 Å². The number of aromatic nitrogens is 2. The maximum absolute atomic E-state index is 10.9. The van der Waals surface area contributed by atoms with Gasteiger partial charge < -0.3 is 10.1 Å². The molecule has 6 heteroatoms. The van der Waals surface area contributed by atoms with Crippen molar-refractivity contribution < 1.29 is 9.53 Å². The monoisotopic (exact) mass is 277 g/mol. The Kier molecular flexibility index (Phi) is 4.11. The molecule has 0 saturated carbocycles. The van der Waals surface area contributed by atoms with Gasteiger partial charge in [-0.05, 0) is 24.3 Å². The Morgan fingerprint density at radius 1 is 1.32 bits per heavy atom. The lowest BCUT2D eigenvalue weighted by Gasteiger charge is -2.04. The zero-order valence-electron chi connectivity index (χ0n) is 11.0. The van der Waals surface area contributed by atoms with Crippen LogP contribution in [0.1, 0.15) is 32.5 Å². The summed E-state index contributed by atoms with van der Waals surface area (Å²) in [6.45, 7) is 5.54. The highest BCUT2D eigenvalue weighted by molar-refractivity contribution is 7.07. The molecule has 0 saturated heterocycles. The van der Waals surface area contributed by atoms with E-state index in [1.165, 1.54) is 18.5 Å². The van der Waals surface area contributed by atoms with Crippen LogP contribution < -0.4 is 10.1 Å². The summed E-state index contributed by atoms with van der Waals surface area (Å²) in [5, 5.41) is 3.22. The van der Waals surface area contributed by atoms with Crippen molar-refractivity contribution in [1.29, 1.82) is 0 Å². The molecular weight excluding hydrogens is 262 g/mol. The van der Waals surface area contributed by atoms with Gasteiger partial charge in [0, 0.05) is 30.1 Å². The molecule has 19 heavy (non-hydrogen) atoms. The van der Waals surface area contributed by atoms with Gasteiger partial charge in [0.2, 0.25) is 5.91 Å². The molecule has 0 unspecified atom stereocenters. The largest absolute Gasteiger partial charge is 0.430 e. The summed E-state index contributed by atoms with van der Waals surface area (Å²) in [4.78, 5) is 15.2. The molecule has 0 aliphatic heterocycles. The minimum absolute atomic E-state index is 0.0978. The summed E-state index contributed by atoms with van der Waals surface area (Å²) in [6.07, 6.45) is 0. The number of hydrogen-bond donors (Lipinski definition) is 1. The van der Waals surface area contributed by atoms with Crippen molar-refractivity contribution in [2.45, 2.75) is 26.7 Å². The van der Waals surface area contributed by atoms with Gasteiger partial charge in [0.25, 0.3) is 5.19 Å². The molecule has 2 rings (SSSR count). The van der Waals surface area contributed by atoms with Crippen molar-refractivity contribution in [1.82, 2.24) is 9.36 Å². The molecule has 1 heterocycles. The third-order valence-electron chi connectivity index (χ3n) is 2.32. The molecule has 0 aliphatic rings. The number of carbonyl (C=O) groups is 1. The maximum atomic E-state index is 10.9. The van der Waals surface area contributed by atoms with Crippen molar-refractivity contribution in [3.05, 3.63) is 30.1 Å². The number of amides is 1. The zero-order chi connectivity index (χ0) is 13.8. The quantitative estimate of drug-likeness (QED) is 0.930. The van der Waals surface area contributed by atoms with Crippen LogP contribution in [0.15, 0.2) is 24.3 Å². The lowest BCUT2D eigenvalue weighted by atomic mass is 10.2. The third kappa shape index (κ3) is 3.75. The zero-order valence-corrected chi connectivity index (χ0v) is 11.8. The average Bonchev–Trinajstić information content (AvgIpc) is 2.80. The van der Waals surface area contributed by atoms with Crippen molar-refractivity contribution >= 4 is 23.1 Å². The molecule has 0 spiro atoms. The van der Waals surface area contributed by atoms with Crippen LogP contribution in [-0.2, 0) is 4.79 Å². The smallest absolute Gasteiger partial charge is 0.298 e. The molecule has 0 bridgehead atoms. The van der Waals surface area contributed by atoms with Gasteiger partial charge in [-0.1, -0.05) is 13.8 Å². The fraction of sp³-hybridized carbons (Fsp3) is 0.308. The summed E-state index contributed by atoms with van der Waals surface area (Å²) >= 11 is 1.23. The lowest BCUT2D eigenvalue weighted by Crippen LogP contribution is -2.05. The van der Waals surface area contributed by atoms with E-state index in [0.29, 0.717) is 10.9 Å². The van der Waals surface area contributed by atoms with Gasteiger partial charge in [-0.2, -0.15) is 9.36 Å². The fourth-order valence-corrected chi connectivity index (χ4v) is 2.10. The van der Waals surface area contributed by atoms with Crippen LogP contribution in [0.2, 0.25) is 0 Å². The summed E-state index contributed by atoms with van der Waals surface area (Å²) in [5.41, 5.74) is 0.736. The number of nitrogens with one attached hydrogen (secondary N) is 1. The highest BCUT2D eigenvalue weighted by Gasteiger charge is 2.09. The second-order valence-corrected chi connectivity index (χ2v) is 5.10. The Morgan fingerprint density at radius 3 is 2.53 bits per heavy atom. The first-order valence-corrected chi connectivity index (χ1v) is 6.71. The van der Waals surface area contributed by atoms with E-state index in [1.54, 1.807) is 24.3 Å². The number of ether oxygens (including phenoxy) is 1. The standard InChI is InChI=1S/C13H15N3O2S/c1-8(2)12-15-13(19-16-12)18-11-6-4-10(5-7-11)14-9(3)17/h4-8H,1-3H3,(H,14,17). The van der Waals surface area contributed by atoms with Gasteiger partial charge in [-0.25, -0.2) is 0 Å². The van der Waals surface area contributed by atoms with Crippen LogP contribution in [0.4, 0.5) is 5.69 Å². The van der Waals surface area contributed by atoms with Crippen LogP contribution in [0, 0.1) is 0 Å². The first kappa shape index (κ1) is 13.5. The number of hydrogen-bond acceptors (Lipinski definition) is 5. The van der Waals surface area contributed by atoms with Gasteiger partial charge >= 0.3 is 0 Å².